The third-order valence-electron chi connectivity index (χ3n) is 3.63. The van der Waals surface area contributed by atoms with E-state index in [-0.39, 0.29) is 33.8 Å². The number of carbonyl (C=O) groups excluding carboxylic acids is 2. The summed E-state index contributed by atoms with van der Waals surface area (Å²) in [5.41, 5.74) is 0.572. The Labute approximate surface area is 137 Å². The third kappa shape index (κ3) is 3.03. The predicted molar refractivity (Wildman–Crippen MR) is 83.1 cm³/mol. The number of methoxy groups -OCH3 is 1. The quantitative estimate of drug-likeness (QED) is 0.834. The molecule has 2 N–H and O–H groups in total. The summed E-state index contributed by atoms with van der Waals surface area (Å²) >= 11 is 6.07. The number of esters is 1. The van der Waals surface area contributed by atoms with E-state index in [9.17, 15) is 14.7 Å². The number of hydrogen-bond acceptors (Lipinski definition) is 5. The van der Waals surface area contributed by atoms with Gasteiger partial charge in [0.15, 0.2) is 0 Å². The topological polar surface area (TPSA) is 88.8 Å². The Morgan fingerprint density at radius 3 is 2.74 bits per heavy atom. The lowest BCUT2D eigenvalue weighted by atomic mass is 10.1. The van der Waals surface area contributed by atoms with E-state index < -0.39 is 5.97 Å². The molecule has 1 aliphatic rings. The van der Waals surface area contributed by atoms with Crippen molar-refractivity contribution in [2.24, 2.45) is 0 Å². The fraction of sp³-hybridized carbons (Fsp3) is 0.250. The lowest BCUT2D eigenvalue weighted by Crippen LogP contribution is -2.13. The molecule has 120 valence electrons. The number of nitrogens with one attached hydrogen (secondary N) is 1. The highest BCUT2D eigenvalue weighted by molar-refractivity contribution is 6.34. The van der Waals surface area contributed by atoms with Gasteiger partial charge in [-0.3, -0.25) is 4.79 Å². The van der Waals surface area contributed by atoms with E-state index in [2.05, 4.69) is 10.1 Å². The first-order valence-electron chi connectivity index (χ1n) is 7.00. The molecule has 1 saturated carbocycles. The Balaban J connectivity index is 1.85. The van der Waals surface area contributed by atoms with Crippen molar-refractivity contribution in [3.05, 3.63) is 46.4 Å². The van der Waals surface area contributed by atoms with E-state index in [1.165, 1.54) is 25.5 Å². The average Bonchev–Trinajstić information content (AvgIpc) is 3.26. The summed E-state index contributed by atoms with van der Waals surface area (Å²) in [5, 5.41) is 12.6. The van der Waals surface area contributed by atoms with Crippen molar-refractivity contribution in [1.82, 2.24) is 0 Å². The molecule has 0 aliphatic heterocycles. The summed E-state index contributed by atoms with van der Waals surface area (Å²) in [6.07, 6.45) is 3.48. The largest absolute Gasteiger partial charge is 0.507 e. The molecule has 7 heteroatoms. The van der Waals surface area contributed by atoms with Crippen LogP contribution in [0.2, 0.25) is 5.02 Å². The first-order chi connectivity index (χ1) is 11.0. The van der Waals surface area contributed by atoms with Crippen molar-refractivity contribution in [2.75, 3.05) is 12.4 Å². The maximum Gasteiger partial charge on any atom is 0.341 e. The number of phenols is 1. The number of hydrogen-bond donors (Lipinski definition) is 2. The van der Waals surface area contributed by atoms with Gasteiger partial charge < -0.3 is 19.6 Å². The zero-order chi connectivity index (χ0) is 16.6. The van der Waals surface area contributed by atoms with E-state index >= 15 is 0 Å². The number of ether oxygens (including phenoxy) is 1. The fourth-order valence-electron chi connectivity index (χ4n) is 2.29. The zero-order valence-electron chi connectivity index (χ0n) is 12.3. The Bertz CT molecular complexity index is 779. The minimum absolute atomic E-state index is 0.0718. The molecule has 0 bridgehead atoms. The highest BCUT2D eigenvalue weighted by Crippen LogP contribution is 2.42. The van der Waals surface area contributed by atoms with Crippen molar-refractivity contribution < 1.29 is 23.8 Å². The van der Waals surface area contributed by atoms with Gasteiger partial charge in [-0.05, 0) is 25.0 Å². The SMILES string of the molecule is COC(=O)c1cc(Cl)c(NC(=O)c2ccoc2C2CC2)cc1O. The molecule has 0 spiro atoms. The first kappa shape index (κ1) is 15.4. The maximum absolute atomic E-state index is 12.4. The van der Waals surface area contributed by atoms with Crippen LogP contribution in [0, 0.1) is 0 Å². The van der Waals surface area contributed by atoms with Crippen LogP contribution in [0.3, 0.4) is 0 Å². The highest BCUT2D eigenvalue weighted by Gasteiger charge is 2.31. The summed E-state index contributed by atoms with van der Waals surface area (Å²) in [5.74, 6) is -0.475. The van der Waals surface area contributed by atoms with E-state index in [0.29, 0.717) is 11.3 Å². The molecular weight excluding hydrogens is 322 g/mol. The van der Waals surface area contributed by atoms with Crippen LogP contribution >= 0.6 is 11.6 Å². The number of anilines is 1. The van der Waals surface area contributed by atoms with Crippen LogP contribution in [0.1, 0.15) is 45.2 Å². The van der Waals surface area contributed by atoms with Crippen molar-refractivity contribution in [1.29, 1.82) is 0 Å². The second-order valence-corrected chi connectivity index (χ2v) is 5.67. The Morgan fingerprint density at radius 1 is 1.35 bits per heavy atom. The number of carbonyl (C=O) groups is 2. The summed E-state index contributed by atoms with van der Waals surface area (Å²) in [6, 6.07) is 4.05. The van der Waals surface area contributed by atoms with Crippen LogP contribution in [-0.4, -0.2) is 24.1 Å². The Morgan fingerprint density at radius 2 is 2.09 bits per heavy atom. The van der Waals surface area contributed by atoms with Crippen molar-refractivity contribution >= 4 is 29.2 Å². The first-order valence-corrected chi connectivity index (χ1v) is 7.38. The van der Waals surface area contributed by atoms with Crippen LogP contribution in [0.5, 0.6) is 5.75 Å². The number of amides is 1. The van der Waals surface area contributed by atoms with Crippen LogP contribution in [0.4, 0.5) is 5.69 Å². The van der Waals surface area contributed by atoms with Crippen molar-refractivity contribution in [2.45, 2.75) is 18.8 Å². The lowest BCUT2D eigenvalue weighted by Gasteiger charge is -2.10. The van der Waals surface area contributed by atoms with Gasteiger partial charge in [0.25, 0.3) is 5.91 Å². The van der Waals surface area contributed by atoms with Gasteiger partial charge in [0.05, 0.1) is 29.6 Å². The van der Waals surface area contributed by atoms with Gasteiger partial charge in [-0.1, -0.05) is 11.6 Å². The van der Waals surface area contributed by atoms with Gasteiger partial charge in [-0.2, -0.15) is 0 Å². The Hall–Kier alpha value is -2.47. The van der Waals surface area contributed by atoms with Crippen LogP contribution in [0.15, 0.2) is 28.9 Å². The Kier molecular flexibility index (Phi) is 4.00. The second-order valence-electron chi connectivity index (χ2n) is 5.27. The maximum atomic E-state index is 12.4. The molecule has 1 aliphatic carbocycles. The molecule has 0 radical (unpaired) electrons. The molecular formula is C16H14ClNO5. The molecule has 0 saturated heterocycles. The summed E-state index contributed by atoms with van der Waals surface area (Å²) in [4.78, 5) is 23.9. The molecule has 0 unspecified atom stereocenters. The molecule has 2 aromatic rings. The van der Waals surface area contributed by atoms with Gasteiger partial charge in [0, 0.05) is 12.0 Å². The number of phenolic OH excluding ortho intramolecular Hbond substituents is 1. The van der Waals surface area contributed by atoms with Crippen LogP contribution < -0.4 is 5.32 Å². The average molecular weight is 336 g/mol. The van der Waals surface area contributed by atoms with Gasteiger partial charge in [0.1, 0.15) is 17.1 Å². The molecule has 6 nitrogen and oxygen atoms in total. The molecule has 1 heterocycles. The van der Waals surface area contributed by atoms with E-state index in [1.807, 2.05) is 0 Å². The standard InChI is InChI=1S/C16H14ClNO5/c1-22-16(21)10-6-11(17)12(7-13(10)19)18-15(20)9-4-5-23-14(9)8-2-3-8/h4-8,19H,2-3H2,1H3,(H,18,20). The third-order valence-corrected chi connectivity index (χ3v) is 3.94. The number of benzene rings is 1. The number of halogens is 1. The fourth-order valence-corrected chi connectivity index (χ4v) is 2.50. The molecule has 3 rings (SSSR count). The lowest BCUT2D eigenvalue weighted by molar-refractivity contribution is 0.0597. The molecule has 1 aromatic carbocycles. The normalized spacial score (nSPS) is 13.7. The van der Waals surface area contributed by atoms with Gasteiger partial charge in [-0.25, -0.2) is 4.79 Å². The summed E-state index contributed by atoms with van der Waals surface area (Å²) < 4.78 is 9.91. The molecule has 23 heavy (non-hydrogen) atoms. The number of rotatable bonds is 4. The second kappa shape index (κ2) is 5.96. The minimum Gasteiger partial charge on any atom is -0.507 e. The molecule has 0 atom stereocenters. The molecule has 1 fully saturated rings. The van der Waals surface area contributed by atoms with Gasteiger partial charge in [-0.15, -0.1) is 0 Å². The van der Waals surface area contributed by atoms with Crippen molar-refractivity contribution in [3.63, 3.8) is 0 Å². The van der Waals surface area contributed by atoms with Gasteiger partial charge >= 0.3 is 5.97 Å². The van der Waals surface area contributed by atoms with E-state index in [1.54, 1.807) is 6.07 Å². The zero-order valence-corrected chi connectivity index (χ0v) is 13.0. The van der Waals surface area contributed by atoms with E-state index in [0.717, 1.165) is 12.8 Å². The minimum atomic E-state index is -0.715. The summed E-state index contributed by atoms with van der Waals surface area (Å²) in [7, 11) is 1.20. The molecule has 1 aromatic heterocycles. The smallest absolute Gasteiger partial charge is 0.341 e. The molecule has 1 amide bonds. The van der Waals surface area contributed by atoms with Crippen LogP contribution in [-0.2, 0) is 4.74 Å². The number of furan rings is 1. The van der Waals surface area contributed by atoms with Crippen molar-refractivity contribution in [3.8, 4) is 5.75 Å². The highest BCUT2D eigenvalue weighted by atomic mass is 35.5. The van der Waals surface area contributed by atoms with Crippen LogP contribution in [0.25, 0.3) is 0 Å². The monoisotopic (exact) mass is 335 g/mol. The predicted octanol–water partition coefficient (Wildman–Crippen LogP) is 3.55. The number of aromatic hydroxyl groups is 1. The van der Waals surface area contributed by atoms with E-state index in [4.69, 9.17) is 16.0 Å². The summed E-state index contributed by atoms with van der Waals surface area (Å²) in [6.45, 7) is 0. The van der Waals surface area contributed by atoms with Gasteiger partial charge in [0.2, 0.25) is 0 Å².